The largest absolute Gasteiger partial charge is 0.481 e. The molecule has 88 valence electrons. The van der Waals surface area contributed by atoms with Crippen LogP contribution in [0.2, 0.25) is 0 Å². The first-order chi connectivity index (χ1) is 7.49. The van der Waals surface area contributed by atoms with Gasteiger partial charge in [0.15, 0.2) is 0 Å². The summed E-state index contributed by atoms with van der Waals surface area (Å²) < 4.78 is 1.96. The molecular weight excluding hydrogens is 338 g/mol. The Morgan fingerprint density at radius 2 is 2.19 bits per heavy atom. The molecule has 1 aromatic rings. The highest BCUT2D eigenvalue weighted by Gasteiger charge is 2.07. The van der Waals surface area contributed by atoms with E-state index in [1.165, 1.54) is 0 Å². The second-order valence-electron chi connectivity index (χ2n) is 3.60. The lowest BCUT2D eigenvalue weighted by atomic mass is 10.1. The van der Waals surface area contributed by atoms with Crippen LogP contribution in [0.25, 0.3) is 0 Å². The van der Waals surface area contributed by atoms with Gasteiger partial charge in [0.05, 0.1) is 0 Å². The molecule has 0 spiro atoms. The molecule has 0 aliphatic heterocycles. The summed E-state index contributed by atoms with van der Waals surface area (Å²) in [6.45, 7) is 1.97. The monoisotopic (exact) mass is 349 g/mol. The third kappa shape index (κ3) is 4.53. The van der Waals surface area contributed by atoms with Gasteiger partial charge >= 0.3 is 5.97 Å². The minimum atomic E-state index is -0.762. The van der Waals surface area contributed by atoms with Crippen LogP contribution in [0.3, 0.4) is 0 Å². The van der Waals surface area contributed by atoms with E-state index in [1.54, 1.807) is 0 Å². The predicted molar refractivity (Wildman–Crippen MR) is 71.8 cm³/mol. The summed E-state index contributed by atoms with van der Waals surface area (Å²) in [5.74, 6) is -0.762. The lowest BCUT2D eigenvalue weighted by Gasteiger charge is -2.15. The number of nitrogens with one attached hydrogen (secondary N) is 1. The first kappa shape index (κ1) is 13.5. The zero-order valence-electron chi connectivity index (χ0n) is 8.84. The third-order valence-electron chi connectivity index (χ3n) is 2.12. The minimum Gasteiger partial charge on any atom is -0.481 e. The van der Waals surface area contributed by atoms with E-state index in [0.717, 1.165) is 14.6 Å². The zero-order chi connectivity index (χ0) is 12.1. The molecule has 1 atom stereocenters. The molecule has 0 radical (unpaired) electrons. The molecule has 1 unspecified atom stereocenters. The Bertz CT molecular complexity index is 382. The van der Waals surface area contributed by atoms with Crippen LogP contribution < -0.4 is 5.32 Å². The van der Waals surface area contributed by atoms with Gasteiger partial charge in [0.2, 0.25) is 0 Å². The third-order valence-corrected chi connectivity index (χ3v) is 3.31. The molecule has 0 aliphatic carbocycles. The average Bonchev–Trinajstić information content (AvgIpc) is 2.20. The van der Waals surface area contributed by atoms with E-state index in [4.69, 9.17) is 5.11 Å². The number of anilines is 1. The predicted octanol–water partition coefficient (Wildman–Crippen LogP) is 3.88. The summed E-state index contributed by atoms with van der Waals surface area (Å²) in [6, 6.07) is 5.97. The Morgan fingerprint density at radius 3 is 2.81 bits per heavy atom. The highest BCUT2D eigenvalue weighted by Crippen LogP contribution is 2.27. The second-order valence-corrected chi connectivity index (χ2v) is 5.37. The Labute approximate surface area is 111 Å². The van der Waals surface area contributed by atoms with E-state index < -0.39 is 5.97 Å². The van der Waals surface area contributed by atoms with E-state index in [-0.39, 0.29) is 12.5 Å². The molecule has 0 heterocycles. The molecule has 0 bridgehead atoms. The molecule has 0 fully saturated rings. The van der Waals surface area contributed by atoms with E-state index in [1.807, 2.05) is 25.1 Å². The Kier molecular flexibility index (Phi) is 5.28. The van der Waals surface area contributed by atoms with Crippen LogP contribution in [-0.4, -0.2) is 17.1 Å². The van der Waals surface area contributed by atoms with Crippen molar-refractivity contribution in [2.24, 2.45) is 0 Å². The molecule has 3 nitrogen and oxygen atoms in total. The number of benzene rings is 1. The summed E-state index contributed by atoms with van der Waals surface area (Å²) in [5, 5.41) is 11.8. The number of carboxylic acids is 1. The van der Waals surface area contributed by atoms with Crippen LogP contribution in [0, 0.1) is 0 Å². The maximum Gasteiger partial charge on any atom is 0.303 e. The molecule has 0 aliphatic rings. The molecule has 0 saturated heterocycles. The summed E-state index contributed by atoms with van der Waals surface area (Å²) in [6.07, 6.45) is 0.786. The topological polar surface area (TPSA) is 49.3 Å². The lowest BCUT2D eigenvalue weighted by Crippen LogP contribution is -2.16. The quantitative estimate of drug-likeness (QED) is 0.847. The maximum atomic E-state index is 10.4. The van der Waals surface area contributed by atoms with Gasteiger partial charge in [-0.1, -0.05) is 15.9 Å². The summed E-state index contributed by atoms with van der Waals surface area (Å²) >= 11 is 6.83. The molecule has 0 aromatic heterocycles. The Hall–Kier alpha value is -0.550. The van der Waals surface area contributed by atoms with Crippen molar-refractivity contribution >= 4 is 43.5 Å². The average molecular weight is 351 g/mol. The van der Waals surface area contributed by atoms with Gasteiger partial charge in [0.1, 0.15) is 0 Å². The van der Waals surface area contributed by atoms with Crippen LogP contribution in [0.1, 0.15) is 19.8 Å². The zero-order valence-corrected chi connectivity index (χ0v) is 12.0. The van der Waals surface area contributed by atoms with E-state index in [0.29, 0.717) is 6.42 Å². The van der Waals surface area contributed by atoms with Crippen molar-refractivity contribution in [1.82, 2.24) is 0 Å². The Morgan fingerprint density at radius 1 is 1.50 bits per heavy atom. The van der Waals surface area contributed by atoms with Gasteiger partial charge in [-0.3, -0.25) is 4.79 Å². The molecule has 0 saturated carbocycles. The number of rotatable bonds is 5. The molecule has 1 aromatic carbocycles. The van der Waals surface area contributed by atoms with Crippen LogP contribution in [0.4, 0.5) is 5.69 Å². The first-order valence-electron chi connectivity index (χ1n) is 4.92. The molecule has 1 rings (SSSR count). The number of carbonyl (C=O) groups is 1. The number of hydrogen-bond donors (Lipinski definition) is 2. The van der Waals surface area contributed by atoms with Gasteiger partial charge in [-0.25, -0.2) is 0 Å². The highest BCUT2D eigenvalue weighted by molar-refractivity contribution is 9.11. The van der Waals surface area contributed by atoms with Gasteiger partial charge in [-0.15, -0.1) is 0 Å². The molecule has 5 heteroatoms. The van der Waals surface area contributed by atoms with Crippen molar-refractivity contribution in [2.45, 2.75) is 25.8 Å². The van der Waals surface area contributed by atoms with Crippen molar-refractivity contribution in [3.63, 3.8) is 0 Å². The summed E-state index contributed by atoms with van der Waals surface area (Å²) in [5.41, 5.74) is 0.965. The van der Waals surface area contributed by atoms with Gasteiger partial charge in [0.25, 0.3) is 0 Å². The number of carboxylic acid groups (broad SMARTS) is 1. The smallest absolute Gasteiger partial charge is 0.303 e. The fraction of sp³-hybridized carbons (Fsp3) is 0.364. The van der Waals surface area contributed by atoms with E-state index in [9.17, 15) is 4.79 Å². The fourth-order valence-corrected chi connectivity index (χ4v) is 2.01. The van der Waals surface area contributed by atoms with Gasteiger partial charge in [0, 0.05) is 27.1 Å². The van der Waals surface area contributed by atoms with Crippen molar-refractivity contribution in [2.75, 3.05) is 5.32 Å². The SMILES string of the molecule is CC(CCC(=O)O)Nc1cc(Br)ccc1Br. The van der Waals surface area contributed by atoms with Crippen molar-refractivity contribution in [1.29, 1.82) is 0 Å². The molecule has 2 N–H and O–H groups in total. The standard InChI is InChI=1S/C11H13Br2NO2/c1-7(2-5-11(15)16)14-10-6-8(12)3-4-9(10)13/h3-4,6-7,14H,2,5H2,1H3,(H,15,16). The van der Waals surface area contributed by atoms with E-state index >= 15 is 0 Å². The van der Waals surface area contributed by atoms with E-state index in [2.05, 4.69) is 37.2 Å². The van der Waals surface area contributed by atoms with Crippen LogP contribution in [0.5, 0.6) is 0 Å². The van der Waals surface area contributed by atoms with Crippen LogP contribution in [0.15, 0.2) is 27.1 Å². The van der Waals surface area contributed by atoms with Gasteiger partial charge < -0.3 is 10.4 Å². The normalized spacial score (nSPS) is 12.2. The summed E-state index contributed by atoms with van der Waals surface area (Å²) in [4.78, 5) is 10.4. The number of hydrogen-bond acceptors (Lipinski definition) is 2. The number of aliphatic carboxylic acids is 1. The Balaban J connectivity index is 2.58. The van der Waals surface area contributed by atoms with Crippen molar-refractivity contribution in [3.05, 3.63) is 27.1 Å². The summed E-state index contributed by atoms with van der Waals surface area (Å²) in [7, 11) is 0. The van der Waals surface area contributed by atoms with Crippen molar-refractivity contribution < 1.29 is 9.90 Å². The molecular formula is C11H13Br2NO2. The first-order valence-corrected chi connectivity index (χ1v) is 6.51. The van der Waals surface area contributed by atoms with Gasteiger partial charge in [-0.2, -0.15) is 0 Å². The lowest BCUT2D eigenvalue weighted by molar-refractivity contribution is -0.137. The van der Waals surface area contributed by atoms with Crippen molar-refractivity contribution in [3.8, 4) is 0 Å². The maximum absolute atomic E-state index is 10.4. The highest BCUT2D eigenvalue weighted by atomic mass is 79.9. The second kappa shape index (κ2) is 6.25. The fourth-order valence-electron chi connectivity index (χ4n) is 1.29. The minimum absolute atomic E-state index is 0.127. The van der Waals surface area contributed by atoms with Crippen LogP contribution in [-0.2, 0) is 4.79 Å². The van der Waals surface area contributed by atoms with Gasteiger partial charge in [-0.05, 0) is 47.5 Å². The number of halogens is 2. The molecule has 0 amide bonds. The molecule has 16 heavy (non-hydrogen) atoms. The van der Waals surface area contributed by atoms with Crippen LogP contribution >= 0.6 is 31.9 Å².